The first kappa shape index (κ1) is 13.0. The number of pyridine rings is 1. The fraction of sp³-hybridized carbons (Fsp3) is 0.562. The van der Waals surface area contributed by atoms with Crippen LogP contribution in [0.4, 0.5) is 0 Å². The molecule has 5 nitrogen and oxygen atoms in total. The molecule has 0 N–H and O–H groups in total. The second-order valence-electron chi connectivity index (χ2n) is 6.10. The summed E-state index contributed by atoms with van der Waals surface area (Å²) >= 11 is 0. The van der Waals surface area contributed by atoms with Crippen LogP contribution < -0.4 is 0 Å². The molecule has 0 aromatic carbocycles. The minimum absolute atomic E-state index is 0.270. The molecule has 0 spiro atoms. The van der Waals surface area contributed by atoms with E-state index in [1.165, 1.54) is 31.2 Å². The van der Waals surface area contributed by atoms with Crippen molar-refractivity contribution < 1.29 is 4.52 Å². The summed E-state index contributed by atoms with van der Waals surface area (Å²) in [5, 5.41) is 4.17. The lowest BCUT2D eigenvalue weighted by Gasteiger charge is -2.33. The highest BCUT2D eigenvalue weighted by Crippen LogP contribution is 2.39. The van der Waals surface area contributed by atoms with Crippen LogP contribution in [0.25, 0.3) is 0 Å². The van der Waals surface area contributed by atoms with Gasteiger partial charge in [-0.2, -0.15) is 4.98 Å². The number of piperidine rings is 1. The quantitative estimate of drug-likeness (QED) is 0.863. The molecule has 1 saturated carbocycles. The Morgan fingerprint density at radius 2 is 2.00 bits per heavy atom. The van der Waals surface area contributed by atoms with E-state index < -0.39 is 0 Å². The molecule has 5 heteroatoms. The second-order valence-corrected chi connectivity index (χ2v) is 6.10. The van der Waals surface area contributed by atoms with Crippen LogP contribution in [0.15, 0.2) is 29.0 Å². The summed E-state index contributed by atoms with van der Waals surface area (Å²) in [4.78, 5) is 11.2. The first-order valence-electron chi connectivity index (χ1n) is 7.86. The van der Waals surface area contributed by atoms with Gasteiger partial charge in [0, 0.05) is 24.9 Å². The first-order chi connectivity index (χ1) is 10.4. The third-order valence-corrected chi connectivity index (χ3v) is 4.43. The molecule has 110 valence electrons. The molecule has 0 bridgehead atoms. The van der Waals surface area contributed by atoms with E-state index in [1.54, 1.807) is 0 Å². The molecule has 21 heavy (non-hydrogen) atoms. The zero-order valence-electron chi connectivity index (χ0n) is 12.1. The number of nitrogens with zero attached hydrogens (tertiary/aromatic N) is 4. The molecule has 2 aromatic rings. The largest absolute Gasteiger partial charge is 0.338 e. The molecule has 0 amide bonds. The van der Waals surface area contributed by atoms with Gasteiger partial charge < -0.3 is 4.52 Å². The summed E-state index contributed by atoms with van der Waals surface area (Å²) in [6.07, 6.45) is 9.72. The zero-order chi connectivity index (χ0) is 14.1. The Labute approximate surface area is 124 Å². The number of aromatic nitrogens is 3. The maximum atomic E-state index is 5.56. The normalized spacial score (nSPS) is 23.3. The number of rotatable bonds is 4. The van der Waals surface area contributed by atoms with Gasteiger partial charge in [-0.05, 0) is 49.9 Å². The Balaban J connectivity index is 1.52. The van der Waals surface area contributed by atoms with Crippen LogP contribution in [0, 0.1) is 0 Å². The van der Waals surface area contributed by atoms with E-state index in [-0.39, 0.29) is 6.04 Å². The van der Waals surface area contributed by atoms with Crippen LogP contribution >= 0.6 is 0 Å². The lowest BCUT2D eigenvalue weighted by Crippen LogP contribution is -2.33. The predicted molar refractivity (Wildman–Crippen MR) is 77.5 cm³/mol. The molecule has 1 saturated heterocycles. The average molecular weight is 284 g/mol. The average Bonchev–Trinajstić information content (AvgIpc) is 3.27. The van der Waals surface area contributed by atoms with Crippen LogP contribution in [0.2, 0.25) is 0 Å². The fourth-order valence-corrected chi connectivity index (χ4v) is 3.07. The molecule has 0 radical (unpaired) electrons. The molecule has 4 rings (SSSR count). The van der Waals surface area contributed by atoms with Crippen LogP contribution in [-0.2, 0) is 6.54 Å². The van der Waals surface area contributed by atoms with E-state index in [1.807, 2.05) is 12.4 Å². The van der Waals surface area contributed by atoms with Gasteiger partial charge in [0.2, 0.25) is 5.89 Å². The minimum Gasteiger partial charge on any atom is -0.338 e. The molecule has 3 heterocycles. The third kappa shape index (κ3) is 2.83. The van der Waals surface area contributed by atoms with Crippen molar-refractivity contribution in [2.45, 2.75) is 50.6 Å². The Hall–Kier alpha value is -1.75. The SMILES string of the molecule is c1cc(CN2CCCC[C@H]2c2nc(C3CC3)no2)ccn1. The van der Waals surface area contributed by atoms with Crippen molar-refractivity contribution in [3.8, 4) is 0 Å². The Morgan fingerprint density at radius 3 is 2.81 bits per heavy atom. The molecule has 2 aliphatic rings. The van der Waals surface area contributed by atoms with Crippen molar-refractivity contribution in [1.29, 1.82) is 0 Å². The van der Waals surface area contributed by atoms with E-state index >= 15 is 0 Å². The highest BCUT2D eigenvalue weighted by Gasteiger charge is 2.33. The maximum absolute atomic E-state index is 5.56. The Morgan fingerprint density at radius 1 is 1.14 bits per heavy atom. The van der Waals surface area contributed by atoms with Gasteiger partial charge in [0.1, 0.15) is 0 Å². The summed E-state index contributed by atoms with van der Waals surface area (Å²) < 4.78 is 5.56. The van der Waals surface area contributed by atoms with E-state index in [0.717, 1.165) is 31.2 Å². The minimum atomic E-state index is 0.270. The summed E-state index contributed by atoms with van der Waals surface area (Å²) in [7, 11) is 0. The molecular weight excluding hydrogens is 264 g/mol. The summed E-state index contributed by atoms with van der Waals surface area (Å²) in [6.45, 7) is 2.02. The summed E-state index contributed by atoms with van der Waals surface area (Å²) in [6, 6.07) is 4.43. The van der Waals surface area contributed by atoms with E-state index in [4.69, 9.17) is 4.52 Å². The lowest BCUT2D eigenvalue weighted by molar-refractivity contribution is 0.111. The van der Waals surface area contributed by atoms with Gasteiger partial charge >= 0.3 is 0 Å². The van der Waals surface area contributed by atoms with Gasteiger partial charge in [0.05, 0.1) is 6.04 Å². The van der Waals surface area contributed by atoms with Gasteiger partial charge in [-0.1, -0.05) is 11.6 Å². The van der Waals surface area contributed by atoms with Crippen molar-refractivity contribution in [2.75, 3.05) is 6.54 Å². The van der Waals surface area contributed by atoms with Crippen molar-refractivity contribution in [3.05, 3.63) is 41.8 Å². The molecule has 1 aliphatic heterocycles. The van der Waals surface area contributed by atoms with Gasteiger partial charge in [-0.3, -0.25) is 9.88 Å². The van der Waals surface area contributed by atoms with Crippen LogP contribution in [0.3, 0.4) is 0 Å². The highest BCUT2D eigenvalue weighted by atomic mass is 16.5. The predicted octanol–water partition coefficient (Wildman–Crippen LogP) is 3.07. The third-order valence-electron chi connectivity index (χ3n) is 4.43. The van der Waals surface area contributed by atoms with Crippen molar-refractivity contribution in [3.63, 3.8) is 0 Å². The molecular formula is C16H20N4O. The standard InChI is InChI=1S/C16H20N4O/c1-2-10-20(11-12-6-8-17-9-7-12)14(3-1)16-18-15(19-21-16)13-4-5-13/h6-9,13-14H,1-5,10-11H2/t14-/m0/s1. The van der Waals surface area contributed by atoms with Crippen molar-refractivity contribution in [1.82, 2.24) is 20.0 Å². The lowest BCUT2D eigenvalue weighted by atomic mass is 10.0. The van der Waals surface area contributed by atoms with Crippen LogP contribution in [0.1, 0.15) is 61.3 Å². The molecule has 2 fully saturated rings. The number of likely N-dealkylation sites (tertiary alicyclic amines) is 1. The molecule has 0 unspecified atom stereocenters. The zero-order valence-corrected chi connectivity index (χ0v) is 12.1. The van der Waals surface area contributed by atoms with Gasteiger partial charge in [-0.15, -0.1) is 0 Å². The topological polar surface area (TPSA) is 55.1 Å². The highest BCUT2D eigenvalue weighted by molar-refractivity contribution is 5.11. The van der Waals surface area contributed by atoms with Crippen LogP contribution in [0.5, 0.6) is 0 Å². The van der Waals surface area contributed by atoms with E-state index in [2.05, 4.69) is 32.2 Å². The monoisotopic (exact) mass is 284 g/mol. The van der Waals surface area contributed by atoms with Gasteiger partial charge in [0.25, 0.3) is 0 Å². The summed E-state index contributed by atoms with van der Waals surface area (Å²) in [5.41, 5.74) is 1.29. The van der Waals surface area contributed by atoms with Crippen LogP contribution in [-0.4, -0.2) is 26.6 Å². The fourth-order valence-electron chi connectivity index (χ4n) is 3.07. The Kier molecular flexibility index (Phi) is 3.43. The smallest absolute Gasteiger partial charge is 0.244 e. The molecule has 2 aromatic heterocycles. The van der Waals surface area contributed by atoms with Gasteiger partial charge in [-0.25, -0.2) is 0 Å². The van der Waals surface area contributed by atoms with E-state index in [9.17, 15) is 0 Å². The van der Waals surface area contributed by atoms with Crippen molar-refractivity contribution in [2.24, 2.45) is 0 Å². The number of hydrogen-bond donors (Lipinski definition) is 0. The first-order valence-corrected chi connectivity index (χ1v) is 7.86. The molecule has 1 aliphatic carbocycles. The summed E-state index contributed by atoms with van der Waals surface area (Å²) in [5.74, 6) is 2.28. The van der Waals surface area contributed by atoms with Crippen molar-refractivity contribution >= 4 is 0 Å². The van der Waals surface area contributed by atoms with E-state index in [0.29, 0.717) is 5.92 Å². The molecule has 1 atom stereocenters. The Bertz CT molecular complexity index is 593. The maximum Gasteiger partial charge on any atom is 0.244 e. The second kappa shape index (κ2) is 5.56. The van der Waals surface area contributed by atoms with Gasteiger partial charge in [0.15, 0.2) is 5.82 Å². The number of hydrogen-bond acceptors (Lipinski definition) is 5.